The molecular formula is C19H18FN3O2S2. The molecule has 0 fully saturated rings. The Bertz CT molecular complexity index is 1010. The first-order valence-electron chi connectivity index (χ1n) is 8.22. The standard InChI is InChI=1S/C19H18FN3O2S2/c1-10-4-5-13(20)8-15(10)18(25)23-19-22-17(11(2)26-19)16-7-6-14(27-16)9-21-12(3)24/h4-8H,9H2,1-3H3,(H,21,24)(H,22,23,25). The molecule has 0 saturated heterocycles. The van der Waals surface area contributed by atoms with Crippen molar-refractivity contribution in [2.45, 2.75) is 27.3 Å². The van der Waals surface area contributed by atoms with Gasteiger partial charge in [-0.2, -0.15) is 0 Å². The molecule has 0 atom stereocenters. The Morgan fingerprint density at radius 1 is 1.15 bits per heavy atom. The van der Waals surface area contributed by atoms with E-state index in [1.807, 2.05) is 19.1 Å². The highest BCUT2D eigenvalue weighted by Crippen LogP contribution is 2.35. The van der Waals surface area contributed by atoms with Gasteiger partial charge in [-0.25, -0.2) is 9.37 Å². The van der Waals surface area contributed by atoms with Crippen molar-refractivity contribution < 1.29 is 14.0 Å². The number of aryl methyl sites for hydroxylation is 2. The van der Waals surface area contributed by atoms with Crippen LogP contribution < -0.4 is 10.6 Å². The second-order valence-corrected chi connectivity index (χ2v) is 8.38. The smallest absolute Gasteiger partial charge is 0.257 e. The second-order valence-electron chi connectivity index (χ2n) is 6.01. The summed E-state index contributed by atoms with van der Waals surface area (Å²) in [6.45, 7) is 5.65. The van der Waals surface area contributed by atoms with E-state index in [-0.39, 0.29) is 17.4 Å². The minimum absolute atomic E-state index is 0.0765. The molecule has 0 aliphatic heterocycles. The molecule has 27 heavy (non-hydrogen) atoms. The van der Waals surface area contributed by atoms with Gasteiger partial charge in [-0.15, -0.1) is 22.7 Å². The number of thiazole rings is 1. The minimum atomic E-state index is -0.452. The predicted octanol–water partition coefficient (Wildman–Crippen LogP) is 4.52. The number of benzene rings is 1. The van der Waals surface area contributed by atoms with Gasteiger partial charge in [0.15, 0.2) is 5.13 Å². The molecule has 8 heteroatoms. The van der Waals surface area contributed by atoms with Crippen LogP contribution in [-0.2, 0) is 11.3 Å². The van der Waals surface area contributed by atoms with Crippen molar-refractivity contribution in [2.75, 3.05) is 5.32 Å². The number of carbonyl (C=O) groups is 2. The van der Waals surface area contributed by atoms with E-state index in [1.165, 1.54) is 30.4 Å². The number of amides is 2. The number of nitrogens with zero attached hydrogens (tertiary/aromatic N) is 1. The molecule has 0 radical (unpaired) electrons. The lowest BCUT2D eigenvalue weighted by atomic mass is 10.1. The summed E-state index contributed by atoms with van der Waals surface area (Å²) in [6, 6.07) is 8.02. The average molecular weight is 404 g/mol. The van der Waals surface area contributed by atoms with Crippen LogP contribution >= 0.6 is 22.7 Å². The van der Waals surface area contributed by atoms with Crippen molar-refractivity contribution in [3.8, 4) is 10.6 Å². The Morgan fingerprint density at radius 3 is 2.67 bits per heavy atom. The molecule has 2 amide bonds. The molecule has 1 aromatic carbocycles. The Labute approximate surface area is 164 Å². The number of hydrogen-bond acceptors (Lipinski definition) is 5. The molecule has 2 heterocycles. The third-order valence-corrected chi connectivity index (χ3v) is 5.85. The number of halogens is 1. The fraction of sp³-hybridized carbons (Fsp3) is 0.211. The van der Waals surface area contributed by atoms with Crippen LogP contribution in [-0.4, -0.2) is 16.8 Å². The number of rotatable bonds is 5. The van der Waals surface area contributed by atoms with Crippen LogP contribution in [0.1, 0.15) is 32.6 Å². The molecule has 0 bridgehead atoms. The van der Waals surface area contributed by atoms with E-state index in [2.05, 4.69) is 15.6 Å². The first-order valence-corrected chi connectivity index (χ1v) is 9.85. The van der Waals surface area contributed by atoms with Crippen molar-refractivity contribution in [3.63, 3.8) is 0 Å². The minimum Gasteiger partial charge on any atom is -0.351 e. The number of aromatic nitrogens is 1. The summed E-state index contributed by atoms with van der Waals surface area (Å²) in [7, 11) is 0. The molecule has 3 aromatic rings. The number of thiophene rings is 1. The molecule has 0 spiro atoms. The van der Waals surface area contributed by atoms with Gasteiger partial charge in [0, 0.05) is 22.2 Å². The van der Waals surface area contributed by atoms with E-state index in [0.29, 0.717) is 17.2 Å². The van der Waals surface area contributed by atoms with E-state index >= 15 is 0 Å². The van der Waals surface area contributed by atoms with Gasteiger partial charge < -0.3 is 5.32 Å². The first-order chi connectivity index (χ1) is 12.8. The first kappa shape index (κ1) is 19.2. The highest BCUT2D eigenvalue weighted by atomic mass is 32.1. The molecule has 140 valence electrons. The van der Waals surface area contributed by atoms with Crippen LogP contribution in [0, 0.1) is 19.7 Å². The monoisotopic (exact) mass is 403 g/mol. The highest BCUT2D eigenvalue weighted by Gasteiger charge is 2.16. The summed E-state index contributed by atoms with van der Waals surface area (Å²) < 4.78 is 13.4. The van der Waals surface area contributed by atoms with Crippen LogP contribution in [0.15, 0.2) is 30.3 Å². The average Bonchev–Trinajstić information content (AvgIpc) is 3.21. The zero-order valence-corrected chi connectivity index (χ0v) is 16.7. The lowest BCUT2D eigenvalue weighted by Gasteiger charge is -2.05. The Balaban J connectivity index is 1.77. The Morgan fingerprint density at radius 2 is 1.93 bits per heavy atom. The number of anilines is 1. The zero-order chi connectivity index (χ0) is 19.6. The molecule has 0 unspecified atom stereocenters. The second kappa shape index (κ2) is 7.98. The lowest BCUT2D eigenvalue weighted by molar-refractivity contribution is -0.119. The van der Waals surface area contributed by atoms with Gasteiger partial charge in [0.2, 0.25) is 5.91 Å². The SMILES string of the molecule is CC(=O)NCc1ccc(-c2nc(NC(=O)c3cc(F)ccc3C)sc2C)s1. The highest BCUT2D eigenvalue weighted by molar-refractivity contribution is 7.18. The zero-order valence-electron chi connectivity index (χ0n) is 15.1. The maximum absolute atomic E-state index is 13.4. The Kier molecular flexibility index (Phi) is 5.67. The molecule has 0 aliphatic carbocycles. The maximum atomic E-state index is 13.4. The fourth-order valence-electron chi connectivity index (χ4n) is 2.49. The Hall–Kier alpha value is -2.58. The van der Waals surface area contributed by atoms with Crippen molar-refractivity contribution in [1.82, 2.24) is 10.3 Å². The van der Waals surface area contributed by atoms with Gasteiger partial charge in [0.05, 0.1) is 17.1 Å². The summed E-state index contributed by atoms with van der Waals surface area (Å²) in [6.07, 6.45) is 0. The quantitative estimate of drug-likeness (QED) is 0.658. The molecule has 0 aliphatic rings. The summed E-state index contributed by atoms with van der Waals surface area (Å²) in [5, 5.41) is 5.99. The van der Waals surface area contributed by atoms with Crippen molar-refractivity contribution >= 4 is 39.6 Å². The van der Waals surface area contributed by atoms with E-state index in [1.54, 1.807) is 24.3 Å². The van der Waals surface area contributed by atoms with Gasteiger partial charge in [0.1, 0.15) is 5.82 Å². The van der Waals surface area contributed by atoms with E-state index in [0.717, 1.165) is 20.3 Å². The van der Waals surface area contributed by atoms with E-state index < -0.39 is 5.82 Å². The largest absolute Gasteiger partial charge is 0.351 e. The van der Waals surface area contributed by atoms with Gasteiger partial charge >= 0.3 is 0 Å². The number of hydrogen-bond donors (Lipinski definition) is 2. The summed E-state index contributed by atoms with van der Waals surface area (Å²) in [5.41, 5.74) is 1.78. The van der Waals surface area contributed by atoms with Gasteiger partial charge in [-0.05, 0) is 43.7 Å². The maximum Gasteiger partial charge on any atom is 0.257 e. The van der Waals surface area contributed by atoms with Crippen LogP contribution in [0.5, 0.6) is 0 Å². The van der Waals surface area contributed by atoms with E-state index in [9.17, 15) is 14.0 Å². The van der Waals surface area contributed by atoms with Crippen molar-refractivity contribution in [3.05, 3.63) is 57.0 Å². The number of nitrogens with one attached hydrogen (secondary N) is 2. The van der Waals surface area contributed by atoms with Crippen LogP contribution in [0.25, 0.3) is 10.6 Å². The molecule has 2 aromatic heterocycles. The van der Waals surface area contributed by atoms with Crippen LogP contribution in [0.2, 0.25) is 0 Å². The summed E-state index contributed by atoms with van der Waals surface area (Å²) >= 11 is 2.91. The van der Waals surface area contributed by atoms with E-state index in [4.69, 9.17) is 0 Å². The van der Waals surface area contributed by atoms with Crippen LogP contribution in [0.4, 0.5) is 9.52 Å². The molecule has 5 nitrogen and oxygen atoms in total. The predicted molar refractivity (Wildman–Crippen MR) is 107 cm³/mol. The molecule has 0 saturated carbocycles. The molecular weight excluding hydrogens is 385 g/mol. The third-order valence-electron chi connectivity index (χ3n) is 3.87. The van der Waals surface area contributed by atoms with Gasteiger partial charge in [0.25, 0.3) is 5.91 Å². The molecule has 3 rings (SSSR count). The normalized spacial score (nSPS) is 10.7. The van der Waals surface area contributed by atoms with Gasteiger partial charge in [-0.3, -0.25) is 14.9 Å². The number of carbonyl (C=O) groups excluding carboxylic acids is 2. The van der Waals surface area contributed by atoms with Crippen molar-refractivity contribution in [1.29, 1.82) is 0 Å². The fourth-order valence-corrected chi connectivity index (χ4v) is 4.38. The van der Waals surface area contributed by atoms with Gasteiger partial charge in [-0.1, -0.05) is 6.07 Å². The summed E-state index contributed by atoms with van der Waals surface area (Å²) in [5.74, 6) is -0.913. The third kappa shape index (κ3) is 4.58. The van der Waals surface area contributed by atoms with Crippen LogP contribution in [0.3, 0.4) is 0 Å². The lowest BCUT2D eigenvalue weighted by Crippen LogP contribution is -2.17. The summed E-state index contributed by atoms with van der Waals surface area (Å²) in [4.78, 5) is 31.0. The topological polar surface area (TPSA) is 71.1 Å². The molecule has 2 N–H and O–H groups in total. The van der Waals surface area contributed by atoms with Crippen molar-refractivity contribution in [2.24, 2.45) is 0 Å².